The molecule has 5 nitrogen and oxygen atoms in total. The molecule has 0 aliphatic heterocycles. The molecule has 15 heavy (non-hydrogen) atoms. The molecular formula is C8H15N3O2S2. The predicted molar refractivity (Wildman–Crippen MR) is 60.4 cm³/mol. The molecular weight excluding hydrogens is 234 g/mol. The Morgan fingerprint density at radius 3 is 2.47 bits per heavy atom. The summed E-state index contributed by atoms with van der Waals surface area (Å²) in [7, 11) is -3.01. The lowest BCUT2D eigenvalue weighted by Gasteiger charge is -2.03. The smallest absolute Gasteiger partial charge is 0.154 e. The zero-order chi connectivity index (χ0) is 11.5. The average Bonchev–Trinajstić information content (AvgIpc) is 2.45. The van der Waals surface area contributed by atoms with Crippen LogP contribution in [-0.2, 0) is 22.1 Å². The van der Waals surface area contributed by atoms with E-state index in [1.54, 1.807) is 0 Å². The molecule has 0 amide bonds. The number of nitrogens with zero attached hydrogens (tertiary/aromatic N) is 2. The largest absolute Gasteiger partial charge is 0.308 e. The number of nitrogens with one attached hydrogen (secondary N) is 1. The van der Waals surface area contributed by atoms with E-state index in [4.69, 9.17) is 0 Å². The Kier molecular flexibility index (Phi) is 4.18. The van der Waals surface area contributed by atoms with Crippen LogP contribution in [0.3, 0.4) is 0 Å². The SMILES string of the molecule is CC(C)NCc1nnc(CS(C)(=O)=O)s1. The minimum Gasteiger partial charge on any atom is -0.308 e. The van der Waals surface area contributed by atoms with Crippen molar-refractivity contribution in [3.8, 4) is 0 Å². The van der Waals surface area contributed by atoms with E-state index in [1.165, 1.54) is 17.6 Å². The second-order valence-electron chi connectivity index (χ2n) is 3.70. The van der Waals surface area contributed by atoms with E-state index in [2.05, 4.69) is 15.5 Å². The van der Waals surface area contributed by atoms with Gasteiger partial charge in [-0.2, -0.15) is 0 Å². The summed E-state index contributed by atoms with van der Waals surface area (Å²) in [5, 5.41) is 12.3. The summed E-state index contributed by atoms with van der Waals surface area (Å²) >= 11 is 1.34. The number of rotatable bonds is 5. The first-order valence-electron chi connectivity index (χ1n) is 4.59. The van der Waals surface area contributed by atoms with Crippen molar-refractivity contribution in [2.45, 2.75) is 32.2 Å². The maximum absolute atomic E-state index is 11.0. The summed E-state index contributed by atoms with van der Waals surface area (Å²) in [6.07, 6.45) is 1.19. The minimum absolute atomic E-state index is 0.0215. The lowest BCUT2D eigenvalue weighted by Crippen LogP contribution is -2.21. The molecule has 0 bridgehead atoms. The van der Waals surface area contributed by atoms with Crippen molar-refractivity contribution in [3.05, 3.63) is 10.0 Å². The molecule has 86 valence electrons. The number of hydrogen-bond acceptors (Lipinski definition) is 6. The van der Waals surface area contributed by atoms with Gasteiger partial charge in [-0.05, 0) is 0 Å². The molecule has 0 radical (unpaired) electrons. The van der Waals surface area contributed by atoms with Crippen LogP contribution < -0.4 is 5.32 Å². The molecule has 0 aliphatic rings. The quantitative estimate of drug-likeness (QED) is 0.826. The Labute approximate surface area is 93.8 Å². The van der Waals surface area contributed by atoms with Crippen LogP contribution in [0, 0.1) is 0 Å². The molecule has 0 spiro atoms. The molecule has 1 rings (SSSR count). The second kappa shape index (κ2) is 5.00. The standard InChI is InChI=1S/C8H15N3O2S2/c1-6(2)9-4-7-10-11-8(14-7)5-15(3,12)13/h6,9H,4-5H2,1-3H3. The highest BCUT2D eigenvalue weighted by Crippen LogP contribution is 2.12. The zero-order valence-electron chi connectivity index (χ0n) is 9.02. The molecule has 0 aliphatic carbocycles. The highest BCUT2D eigenvalue weighted by atomic mass is 32.2. The van der Waals surface area contributed by atoms with E-state index < -0.39 is 9.84 Å². The summed E-state index contributed by atoms with van der Waals surface area (Å²) in [5.41, 5.74) is 0. The van der Waals surface area contributed by atoms with Crippen molar-refractivity contribution < 1.29 is 8.42 Å². The Bertz CT molecular complexity index is 411. The number of sulfone groups is 1. The highest BCUT2D eigenvalue weighted by molar-refractivity contribution is 7.90. The van der Waals surface area contributed by atoms with Crippen LogP contribution >= 0.6 is 11.3 Å². The van der Waals surface area contributed by atoms with E-state index in [0.29, 0.717) is 17.6 Å². The number of hydrogen-bond donors (Lipinski definition) is 1. The Hall–Kier alpha value is -0.530. The van der Waals surface area contributed by atoms with Crippen molar-refractivity contribution in [2.75, 3.05) is 6.26 Å². The van der Waals surface area contributed by atoms with Gasteiger partial charge in [-0.25, -0.2) is 8.42 Å². The Morgan fingerprint density at radius 1 is 1.33 bits per heavy atom. The predicted octanol–water partition coefficient (Wildman–Crippen LogP) is 0.581. The van der Waals surface area contributed by atoms with Gasteiger partial charge in [-0.1, -0.05) is 25.2 Å². The fraction of sp³-hybridized carbons (Fsp3) is 0.750. The number of aromatic nitrogens is 2. The van der Waals surface area contributed by atoms with Gasteiger partial charge in [0.05, 0.1) is 0 Å². The molecule has 7 heteroatoms. The Balaban J connectivity index is 2.57. The van der Waals surface area contributed by atoms with Gasteiger partial charge in [0.1, 0.15) is 15.8 Å². The van der Waals surface area contributed by atoms with Gasteiger partial charge in [-0.3, -0.25) is 0 Å². The van der Waals surface area contributed by atoms with Gasteiger partial charge in [0.2, 0.25) is 0 Å². The van der Waals surface area contributed by atoms with E-state index in [-0.39, 0.29) is 5.75 Å². The molecule has 1 aromatic heterocycles. The average molecular weight is 249 g/mol. The molecule has 1 heterocycles. The van der Waals surface area contributed by atoms with Crippen LogP contribution in [-0.4, -0.2) is 30.9 Å². The Morgan fingerprint density at radius 2 is 1.93 bits per heavy atom. The van der Waals surface area contributed by atoms with Crippen LogP contribution in [0.5, 0.6) is 0 Å². The third kappa shape index (κ3) is 5.19. The van der Waals surface area contributed by atoms with E-state index in [9.17, 15) is 8.42 Å². The van der Waals surface area contributed by atoms with Gasteiger partial charge >= 0.3 is 0 Å². The highest BCUT2D eigenvalue weighted by Gasteiger charge is 2.10. The van der Waals surface area contributed by atoms with Gasteiger partial charge in [0.25, 0.3) is 0 Å². The van der Waals surface area contributed by atoms with Crippen LogP contribution in [0.1, 0.15) is 23.9 Å². The summed E-state index contributed by atoms with van der Waals surface area (Å²) < 4.78 is 22.0. The van der Waals surface area contributed by atoms with Crippen molar-refractivity contribution in [1.82, 2.24) is 15.5 Å². The second-order valence-corrected chi connectivity index (χ2v) is 6.98. The molecule has 1 N–H and O–H groups in total. The maximum Gasteiger partial charge on any atom is 0.154 e. The van der Waals surface area contributed by atoms with Crippen LogP contribution in [0.25, 0.3) is 0 Å². The lowest BCUT2D eigenvalue weighted by molar-refractivity contribution is 0.584. The van der Waals surface area contributed by atoms with Crippen molar-refractivity contribution in [2.24, 2.45) is 0 Å². The first-order chi connectivity index (χ1) is 6.87. The first-order valence-corrected chi connectivity index (χ1v) is 7.47. The first kappa shape index (κ1) is 12.5. The molecule has 0 unspecified atom stereocenters. The van der Waals surface area contributed by atoms with Gasteiger partial charge in [0.15, 0.2) is 9.84 Å². The molecule has 0 saturated heterocycles. The normalized spacial score (nSPS) is 12.3. The monoisotopic (exact) mass is 249 g/mol. The molecule has 0 fully saturated rings. The zero-order valence-corrected chi connectivity index (χ0v) is 10.7. The summed E-state index contributed by atoms with van der Waals surface area (Å²) in [6.45, 7) is 4.72. The van der Waals surface area contributed by atoms with E-state index in [1.807, 2.05) is 13.8 Å². The minimum atomic E-state index is -3.01. The van der Waals surface area contributed by atoms with Crippen LogP contribution in [0.15, 0.2) is 0 Å². The fourth-order valence-electron chi connectivity index (χ4n) is 0.934. The maximum atomic E-state index is 11.0. The van der Waals surface area contributed by atoms with Gasteiger partial charge < -0.3 is 5.32 Å². The fourth-order valence-corrected chi connectivity index (χ4v) is 2.91. The van der Waals surface area contributed by atoms with Gasteiger partial charge in [-0.15, -0.1) is 10.2 Å². The summed E-state index contributed by atoms with van der Waals surface area (Å²) in [6, 6.07) is 0.382. The van der Waals surface area contributed by atoms with Crippen molar-refractivity contribution in [1.29, 1.82) is 0 Å². The van der Waals surface area contributed by atoms with Crippen molar-refractivity contribution in [3.63, 3.8) is 0 Å². The van der Waals surface area contributed by atoms with Crippen LogP contribution in [0.2, 0.25) is 0 Å². The molecule has 0 saturated carbocycles. The van der Waals surface area contributed by atoms with Crippen LogP contribution in [0.4, 0.5) is 0 Å². The third-order valence-electron chi connectivity index (χ3n) is 1.56. The third-order valence-corrected chi connectivity index (χ3v) is 3.46. The van der Waals surface area contributed by atoms with E-state index >= 15 is 0 Å². The molecule has 0 atom stereocenters. The van der Waals surface area contributed by atoms with E-state index in [0.717, 1.165) is 5.01 Å². The molecule has 0 aromatic carbocycles. The summed E-state index contributed by atoms with van der Waals surface area (Å²) in [5.74, 6) is -0.0215. The topological polar surface area (TPSA) is 72.0 Å². The van der Waals surface area contributed by atoms with Gasteiger partial charge in [0, 0.05) is 18.8 Å². The summed E-state index contributed by atoms with van der Waals surface area (Å²) in [4.78, 5) is 0. The lowest BCUT2D eigenvalue weighted by atomic mass is 10.4. The molecule has 1 aromatic rings. The van der Waals surface area contributed by atoms with Crippen molar-refractivity contribution >= 4 is 21.2 Å².